The third-order valence-corrected chi connectivity index (χ3v) is 9.90. The Morgan fingerprint density at radius 1 is 0.698 bits per heavy atom. The summed E-state index contributed by atoms with van der Waals surface area (Å²) in [6.07, 6.45) is 0. The first kappa shape index (κ1) is 30.4. The van der Waals surface area contributed by atoms with E-state index in [9.17, 15) is 38.9 Å². The summed E-state index contributed by atoms with van der Waals surface area (Å²) in [7, 11) is -14.3. The predicted octanol–water partition coefficient (Wildman–Crippen LogP) is 3.86. The van der Waals surface area contributed by atoms with Crippen LogP contribution in [-0.2, 0) is 30.4 Å². The predicted molar refractivity (Wildman–Crippen MR) is 159 cm³/mol. The van der Waals surface area contributed by atoms with Gasteiger partial charge in [-0.25, -0.2) is 0 Å². The second kappa shape index (κ2) is 10.3. The van der Waals surface area contributed by atoms with Gasteiger partial charge in [-0.05, 0) is 73.0 Å². The summed E-state index contributed by atoms with van der Waals surface area (Å²) in [4.78, 5) is -1.69. The lowest BCUT2D eigenvalue weighted by Crippen LogP contribution is -2.21. The average molecular weight is 644 g/mol. The zero-order valence-electron chi connectivity index (χ0n) is 22.9. The molecule has 1 heterocycles. The summed E-state index contributed by atoms with van der Waals surface area (Å²) in [5, 5.41) is 4.18. The van der Waals surface area contributed by atoms with E-state index in [1.807, 2.05) is 0 Å². The maximum absolute atomic E-state index is 12.5. The van der Waals surface area contributed by atoms with Gasteiger partial charge in [0.05, 0.1) is 4.90 Å². The van der Waals surface area contributed by atoms with E-state index in [-0.39, 0.29) is 21.8 Å². The second-order valence-corrected chi connectivity index (χ2v) is 14.2. The Hall–Kier alpha value is -4.05. The Bertz CT molecular complexity index is 2310. The third-order valence-electron chi connectivity index (χ3n) is 7.01. The number of fused-ring (bicyclic) bond motifs is 2. The molecule has 0 unspecified atom stereocenters. The van der Waals surface area contributed by atoms with Crippen LogP contribution in [0, 0.1) is 20.8 Å². The normalized spacial score (nSPS) is 13.2. The molecular formula is C29H25NO10S3. The lowest BCUT2D eigenvalue weighted by Gasteiger charge is -2.24. The molecule has 1 aliphatic heterocycles. The number of benzene rings is 4. The van der Waals surface area contributed by atoms with Gasteiger partial charge in [0, 0.05) is 39.4 Å². The van der Waals surface area contributed by atoms with Crippen LogP contribution in [-0.4, -0.2) is 38.9 Å². The van der Waals surface area contributed by atoms with E-state index in [4.69, 9.17) is 4.74 Å². The summed E-state index contributed by atoms with van der Waals surface area (Å²) in [5.74, 6) is 0.541. The van der Waals surface area contributed by atoms with Crippen LogP contribution in [0.2, 0.25) is 0 Å². The zero-order chi connectivity index (χ0) is 31.6. The molecule has 43 heavy (non-hydrogen) atoms. The van der Waals surface area contributed by atoms with Crippen molar-refractivity contribution in [1.82, 2.24) is 0 Å². The van der Waals surface area contributed by atoms with Gasteiger partial charge in [-0.2, -0.15) is 25.3 Å². The number of anilines is 2. The van der Waals surface area contributed by atoms with Gasteiger partial charge in [0.15, 0.2) is 0 Å². The van der Waals surface area contributed by atoms with Gasteiger partial charge in [-0.1, -0.05) is 30.8 Å². The topological polar surface area (TPSA) is 184 Å². The Kier molecular flexibility index (Phi) is 7.28. The Labute approximate surface area is 248 Å². The molecular weight excluding hydrogens is 619 g/mol. The van der Waals surface area contributed by atoms with Crippen molar-refractivity contribution in [2.24, 2.45) is 0 Å². The highest BCUT2D eigenvalue weighted by Crippen LogP contribution is 2.41. The third kappa shape index (κ3) is 5.68. The molecule has 0 spiro atoms. The van der Waals surface area contributed by atoms with Crippen molar-refractivity contribution in [2.45, 2.75) is 35.5 Å². The number of nitrogens with one attached hydrogen (secondary N) is 1. The molecule has 0 atom stereocenters. The van der Waals surface area contributed by atoms with Crippen molar-refractivity contribution in [2.75, 3.05) is 5.32 Å². The second-order valence-electron chi connectivity index (χ2n) is 10.1. The van der Waals surface area contributed by atoms with Crippen LogP contribution in [0.5, 0.6) is 11.5 Å². The Morgan fingerprint density at radius 2 is 1.37 bits per heavy atom. The zero-order valence-corrected chi connectivity index (χ0v) is 25.4. The van der Waals surface area contributed by atoms with Crippen LogP contribution in [0.3, 0.4) is 0 Å². The highest BCUT2D eigenvalue weighted by atomic mass is 32.2. The molecule has 4 aromatic rings. The smallest absolute Gasteiger partial charge is 0.295 e. The van der Waals surface area contributed by atoms with E-state index in [1.54, 1.807) is 63.2 Å². The van der Waals surface area contributed by atoms with Gasteiger partial charge >= 0.3 is 0 Å². The van der Waals surface area contributed by atoms with E-state index in [0.29, 0.717) is 55.9 Å². The number of hydrogen-bond acceptors (Lipinski definition) is 8. The SMILES string of the molecule is C=c1ccc2c(c1)Oc1cc(Nc3c(C)cc(C)c(S(=O)(=O)O)c3C)ccc1C=2c1ccc(S(=O)(=O)O)cc1S(=O)(=O)O. The molecule has 0 fully saturated rings. The van der Waals surface area contributed by atoms with E-state index in [1.165, 1.54) is 6.07 Å². The number of hydrogen-bond donors (Lipinski definition) is 4. The van der Waals surface area contributed by atoms with E-state index in [2.05, 4.69) is 11.9 Å². The molecule has 14 heteroatoms. The molecule has 1 aliphatic rings. The maximum Gasteiger partial charge on any atom is 0.295 e. The van der Waals surface area contributed by atoms with Gasteiger partial charge in [0.25, 0.3) is 30.4 Å². The summed E-state index contributed by atoms with van der Waals surface area (Å²) >= 11 is 0. The van der Waals surface area contributed by atoms with Crippen molar-refractivity contribution in [3.63, 3.8) is 0 Å². The molecule has 5 rings (SSSR count). The molecule has 0 saturated heterocycles. The number of ether oxygens (including phenoxy) is 1. The lowest BCUT2D eigenvalue weighted by molar-refractivity contribution is 0.471. The average Bonchev–Trinajstić information content (AvgIpc) is 2.87. The fraction of sp³-hybridized carbons (Fsp3) is 0.103. The Morgan fingerprint density at radius 3 is 2.00 bits per heavy atom. The summed E-state index contributed by atoms with van der Waals surface area (Å²) in [5.41, 5.74) is 2.90. The van der Waals surface area contributed by atoms with Crippen molar-refractivity contribution in [3.8, 4) is 11.5 Å². The quantitative estimate of drug-likeness (QED) is 0.197. The standard InChI is InChI=1S/C29H25NO10S3/c1-15-5-8-21-24(11-15)40-25-13-19(30-28-16(2)12-17(3)29(18(28)4)43(37,38)39)6-9-22(25)27(21)23-10-7-20(41(31,32)33)14-26(23)42(34,35)36/h5-14,30H,1H2,2-4H3,(H,31,32,33)(H,34,35,36)(H,37,38,39). The molecule has 4 N–H and O–H groups in total. The van der Waals surface area contributed by atoms with Gasteiger partial charge in [0.2, 0.25) is 0 Å². The van der Waals surface area contributed by atoms with Crippen LogP contribution >= 0.6 is 0 Å². The minimum atomic E-state index is -4.99. The van der Waals surface area contributed by atoms with Gasteiger partial charge < -0.3 is 10.1 Å². The van der Waals surface area contributed by atoms with Gasteiger partial charge in [0.1, 0.15) is 21.3 Å². The van der Waals surface area contributed by atoms with Crippen molar-refractivity contribution >= 4 is 53.9 Å². The highest BCUT2D eigenvalue weighted by molar-refractivity contribution is 7.86. The van der Waals surface area contributed by atoms with Crippen molar-refractivity contribution in [3.05, 3.63) is 98.9 Å². The number of aryl methyl sites for hydroxylation is 2. The minimum absolute atomic E-state index is 0.0544. The van der Waals surface area contributed by atoms with Crippen LogP contribution in [0.15, 0.2) is 75.4 Å². The largest absolute Gasteiger partial charge is 0.456 e. The van der Waals surface area contributed by atoms with Crippen LogP contribution in [0.4, 0.5) is 11.4 Å². The summed E-state index contributed by atoms with van der Waals surface area (Å²) < 4.78 is 108. The first-order chi connectivity index (χ1) is 19.9. The maximum atomic E-state index is 12.5. The summed E-state index contributed by atoms with van der Waals surface area (Å²) in [6, 6.07) is 14.2. The Balaban J connectivity index is 1.74. The van der Waals surface area contributed by atoms with Gasteiger partial charge in [-0.15, -0.1) is 0 Å². The molecule has 0 bridgehead atoms. The highest BCUT2D eigenvalue weighted by Gasteiger charge is 2.28. The van der Waals surface area contributed by atoms with E-state index in [0.717, 1.165) is 6.07 Å². The minimum Gasteiger partial charge on any atom is -0.456 e. The molecule has 0 aliphatic carbocycles. The number of rotatable bonds is 6. The molecule has 0 aromatic heterocycles. The van der Waals surface area contributed by atoms with Crippen LogP contribution < -0.4 is 20.5 Å². The molecule has 11 nitrogen and oxygen atoms in total. The van der Waals surface area contributed by atoms with E-state index >= 15 is 0 Å². The molecule has 224 valence electrons. The first-order valence-electron chi connectivity index (χ1n) is 12.5. The monoisotopic (exact) mass is 643 g/mol. The van der Waals surface area contributed by atoms with Gasteiger partial charge in [-0.3, -0.25) is 13.7 Å². The molecule has 0 radical (unpaired) electrons. The van der Waals surface area contributed by atoms with Crippen LogP contribution in [0.1, 0.15) is 27.8 Å². The first-order valence-corrected chi connectivity index (χ1v) is 16.8. The molecule has 0 saturated carbocycles. The fourth-order valence-corrected chi connectivity index (χ4v) is 7.55. The van der Waals surface area contributed by atoms with Crippen molar-refractivity contribution < 1.29 is 43.6 Å². The molecule has 4 aromatic carbocycles. The van der Waals surface area contributed by atoms with Crippen molar-refractivity contribution in [1.29, 1.82) is 0 Å². The summed E-state index contributed by atoms with van der Waals surface area (Å²) in [6.45, 7) is 8.82. The lowest BCUT2D eigenvalue weighted by atomic mass is 9.92. The fourth-order valence-electron chi connectivity index (χ4n) is 5.29. The molecule has 0 amide bonds. The van der Waals surface area contributed by atoms with Crippen LogP contribution in [0.25, 0.3) is 12.2 Å². The van der Waals surface area contributed by atoms with E-state index < -0.39 is 40.1 Å².